The van der Waals surface area contributed by atoms with Gasteiger partial charge >= 0.3 is 8.25 Å². The van der Waals surface area contributed by atoms with Crippen molar-refractivity contribution in [1.82, 2.24) is 0 Å². The molecule has 0 saturated carbocycles. The molecule has 0 aliphatic carbocycles. The van der Waals surface area contributed by atoms with E-state index < -0.39 is 8.25 Å². The maximum atomic E-state index is 12.0. The first-order chi connectivity index (χ1) is 12.8. The molecule has 0 radical (unpaired) electrons. The highest BCUT2D eigenvalue weighted by Crippen LogP contribution is 2.33. The Labute approximate surface area is 159 Å². The van der Waals surface area contributed by atoms with Crippen molar-refractivity contribution in [3.8, 4) is 5.75 Å². The van der Waals surface area contributed by atoms with Crippen LogP contribution in [-0.2, 0) is 9.09 Å². The molecule has 0 fully saturated rings. The van der Waals surface area contributed by atoms with Gasteiger partial charge in [0.1, 0.15) is 6.61 Å². The van der Waals surface area contributed by atoms with Crippen molar-refractivity contribution in [3.63, 3.8) is 0 Å². The highest BCUT2D eigenvalue weighted by Gasteiger charge is 2.22. The monoisotopic (exact) mass is 375 g/mol. The van der Waals surface area contributed by atoms with Crippen LogP contribution in [0.1, 0.15) is 71.1 Å². The molecule has 0 aliphatic rings. The normalized spacial score (nSPS) is 11.7. The average molecular weight is 375 g/mol. The first-order valence-electron chi connectivity index (χ1n) is 10.1. The van der Waals surface area contributed by atoms with Crippen molar-refractivity contribution in [3.05, 3.63) is 42.5 Å². The molecule has 0 amide bonds. The van der Waals surface area contributed by atoms with Crippen LogP contribution in [0.2, 0.25) is 0 Å². The maximum absolute atomic E-state index is 12.0. The topological polar surface area (TPSA) is 35.5 Å². The minimum absolute atomic E-state index is 0.496. The average Bonchev–Trinajstić information content (AvgIpc) is 2.66. The zero-order valence-electron chi connectivity index (χ0n) is 16.0. The van der Waals surface area contributed by atoms with Crippen LogP contribution in [0.3, 0.4) is 0 Å². The Morgan fingerprint density at radius 2 is 1.38 bits per heavy atom. The Hall–Kier alpha value is -1.44. The molecular weight excluding hydrogens is 343 g/mol. The Kier molecular flexibility index (Phi) is 10.3. The van der Waals surface area contributed by atoms with E-state index in [1.54, 1.807) is 0 Å². The second-order valence-corrected chi connectivity index (χ2v) is 7.70. The summed E-state index contributed by atoms with van der Waals surface area (Å²) < 4.78 is 22.9. The lowest BCUT2D eigenvalue weighted by Gasteiger charge is -2.01. The van der Waals surface area contributed by atoms with Gasteiger partial charge in [-0.15, -0.1) is 4.52 Å². The SMILES string of the molecule is CCCCCCCCCCCCO[P+](=O)Oc1cccc2ccccc12. The molecule has 1 atom stereocenters. The highest BCUT2D eigenvalue weighted by atomic mass is 31.1. The molecule has 2 aromatic rings. The lowest BCUT2D eigenvalue weighted by atomic mass is 10.1. The molecule has 0 bridgehead atoms. The van der Waals surface area contributed by atoms with Crippen molar-refractivity contribution >= 4 is 19.0 Å². The van der Waals surface area contributed by atoms with Crippen LogP contribution < -0.4 is 4.52 Å². The predicted octanol–water partition coefficient (Wildman–Crippen LogP) is 7.81. The number of unbranched alkanes of at least 4 members (excludes halogenated alkanes) is 9. The van der Waals surface area contributed by atoms with Gasteiger partial charge in [-0.25, -0.2) is 4.52 Å². The third kappa shape index (κ3) is 7.85. The minimum atomic E-state index is -2.12. The van der Waals surface area contributed by atoms with Gasteiger partial charge in [0.25, 0.3) is 0 Å². The molecule has 142 valence electrons. The van der Waals surface area contributed by atoms with Crippen LogP contribution in [-0.4, -0.2) is 6.61 Å². The van der Waals surface area contributed by atoms with Crippen LogP contribution in [0.5, 0.6) is 5.75 Å². The van der Waals surface area contributed by atoms with Gasteiger partial charge in [0.15, 0.2) is 5.75 Å². The summed E-state index contributed by atoms with van der Waals surface area (Å²) in [6, 6.07) is 13.7. The summed E-state index contributed by atoms with van der Waals surface area (Å²) in [5.74, 6) is 0.618. The predicted molar refractivity (Wildman–Crippen MR) is 110 cm³/mol. The molecule has 0 aliphatic heterocycles. The van der Waals surface area contributed by atoms with E-state index in [4.69, 9.17) is 9.05 Å². The summed E-state index contributed by atoms with van der Waals surface area (Å²) >= 11 is 0. The number of fused-ring (bicyclic) bond motifs is 1. The van der Waals surface area contributed by atoms with Gasteiger partial charge in [0.2, 0.25) is 0 Å². The number of benzene rings is 2. The molecule has 0 spiro atoms. The summed E-state index contributed by atoms with van der Waals surface area (Å²) in [4.78, 5) is 0. The molecule has 4 heteroatoms. The Bertz CT molecular complexity index is 651. The molecule has 26 heavy (non-hydrogen) atoms. The van der Waals surface area contributed by atoms with Crippen LogP contribution >= 0.6 is 8.25 Å². The van der Waals surface area contributed by atoms with Gasteiger partial charge in [0, 0.05) is 9.95 Å². The number of hydrogen-bond acceptors (Lipinski definition) is 3. The fourth-order valence-corrected chi connectivity index (χ4v) is 3.76. The van der Waals surface area contributed by atoms with Crippen molar-refractivity contribution in [2.24, 2.45) is 0 Å². The molecule has 0 saturated heterocycles. The van der Waals surface area contributed by atoms with E-state index in [-0.39, 0.29) is 0 Å². The second-order valence-electron chi connectivity index (χ2n) is 6.81. The maximum Gasteiger partial charge on any atom is 0.750 e. The zero-order valence-corrected chi connectivity index (χ0v) is 16.9. The zero-order chi connectivity index (χ0) is 18.5. The smallest absolute Gasteiger partial charge is 0.229 e. The van der Waals surface area contributed by atoms with E-state index >= 15 is 0 Å². The van der Waals surface area contributed by atoms with Gasteiger partial charge < -0.3 is 0 Å². The van der Waals surface area contributed by atoms with Crippen LogP contribution in [0.25, 0.3) is 10.8 Å². The van der Waals surface area contributed by atoms with E-state index in [0.29, 0.717) is 12.4 Å². The highest BCUT2D eigenvalue weighted by molar-refractivity contribution is 7.33. The molecule has 3 nitrogen and oxygen atoms in total. The Balaban J connectivity index is 1.54. The Morgan fingerprint density at radius 1 is 0.769 bits per heavy atom. The minimum Gasteiger partial charge on any atom is -0.229 e. The van der Waals surface area contributed by atoms with Crippen LogP contribution in [0.4, 0.5) is 0 Å². The standard InChI is InChI=1S/C22H32O3P/c1-2-3-4-5-6-7-8-9-10-13-19-24-26(23)25-22-18-14-16-20-15-11-12-17-21(20)22/h11-12,14-18H,2-10,13,19H2,1H3/q+1. The third-order valence-corrected chi connectivity index (χ3v) is 5.36. The lowest BCUT2D eigenvalue weighted by Crippen LogP contribution is -1.92. The summed E-state index contributed by atoms with van der Waals surface area (Å²) in [6.07, 6.45) is 12.7. The van der Waals surface area contributed by atoms with E-state index in [1.165, 1.54) is 51.4 Å². The molecule has 2 rings (SSSR count). The van der Waals surface area contributed by atoms with E-state index in [1.807, 2.05) is 42.5 Å². The van der Waals surface area contributed by atoms with Gasteiger partial charge in [-0.3, -0.25) is 0 Å². The van der Waals surface area contributed by atoms with Crippen LogP contribution in [0.15, 0.2) is 42.5 Å². The summed E-state index contributed by atoms with van der Waals surface area (Å²) in [7, 11) is -2.12. The van der Waals surface area contributed by atoms with Gasteiger partial charge in [-0.05, 0) is 17.9 Å². The third-order valence-electron chi connectivity index (χ3n) is 4.62. The first kappa shape index (κ1) is 20.9. The van der Waals surface area contributed by atoms with Crippen molar-refractivity contribution in [2.75, 3.05) is 6.61 Å². The molecule has 0 aromatic heterocycles. The largest absolute Gasteiger partial charge is 0.750 e. The molecule has 2 aromatic carbocycles. The van der Waals surface area contributed by atoms with Gasteiger partial charge in [-0.2, -0.15) is 0 Å². The van der Waals surface area contributed by atoms with E-state index in [9.17, 15) is 4.57 Å². The summed E-state index contributed by atoms with van der Waals surface area (Å²) in [6.45, 7) is 2.75. The van der Waals surface area contributed by atoms with Crippen molar-refractivity contribution in [1.29, 1.82) is 0 Å². The summed E-state index contributed by atoms with van der Waals surface area (Å²) in [5, 5.41) is 2.03. The van der Waals surface area contributed by atoms with E-state index in [0.717, 1.165) is 23.6 Å². The number of hydrogen-bond donors (Lipinski definition) is 0. The quantitative estimate of drug-likeness (QED) is 0.249. The molecule has 0 N–H and O–H groups in total. The van der Waals surface area contributed by atoms with Gasteiger partial charge in [0.05, 0.1) is 0 Å². The second kappa shape index (κ2) is 12.8. The lowest BCUT2D eigenvalue weighted by molar-refractivity contribution is 0.278. The summed E-state index contributed by atoms with van der Waals surface area (Å²) in [5.41, 5.74) is 0. The van der Waals surface area contributed by atoms with Gasteiger partial charge in [-0.1, -0.05) is 101 Å². The first-order valence-corrected chi connectivity index (χ1v) is 11.2. The molecular formula is C22H32O3P+. The fourth-order valence-electron chi connectivity index (χ4n) is 3.11. The molecule has 1 unspecified atom stereocenters. The van der Waals surface area contributed by atoms with Crippen LogP contribution in [0, 0.1) is 0 Å². The molecule has 0 heterocycles. The van der Waals surface area contributed by atoms with Crippen molar-refractivity contribution in [2.45, 2.75) is 71.1 Å². The fraction of sp³-hybridized carbons (Fsp3) is 0.545. The Morgan fingerprint density at radius 3 is 2.12 bits per heavy atom. The number of rotatable bonds is 14. The van der Waals surface area contributed by atoms with E-state index in [2.05, 4.69) is 6.92 Å². The van der Waals surface area contributed by atoms with Crippen molar-refractivity contribution < 1.29 is 13.6 Å².